The third-order valence-electron chi connectivity index (χ3n) is 4.10. The summed E-state index contributed by atoms with van der Waals surface area (Å²) in [5.74, 6) is -0.127. The summed E-state index contributed by atoms with van der Waals surface area (Å²) in [7, 11) is -3.86. The lowest BCUT2D eigenvalue weighted by molar-refractivity contribution is -0.118. The van der Waals surface area contributed by atoms with Gasteiger partial charge in [0.25, 0.3) is 10.0 Å². The summed E-state index contributed by atoms with van der Waals surface area (Å²) in [5.41, 5.74) is 1.14. The van der Waals surface area contributed by atoms with Crippen LogP contribution in [0.4, 0.5) is 11.4 Å². The largest absolute Gasteiger partial charge is 0.462 e. The van der Waals surface area contributed by atoms with Crippen LogP contribution in [-0.2, 0) is 19.6 Å². The Labute approximate surface area is 167 Å². The Morgan fingerprint density at radius 3 is 2.64 bits per heavy atom. The number of benzene rings is 2. The lowest BCUT2D eigenvalue weighted by Gasteiger charge is -2.12. The molecule has 1 unspecified atom stereocenters. The van der Waals surface area contributed by atoms with E-state index in [0.29, 0.717) is 22.7 Å². The highest BCUT2D eigenvalue weighted by molar-refractivity contribution is 7.99. The molecule has 0 spiro atoms. The molecule has 1 heterocycles. The molecule has 0 radical (unpaired) electrons. The molecule has 1 atom stereocenters. The second kappa shape index (κ2) is 8.24. The number of esters is 1. The van der Waals surface area contributed by atoms with Gasteiger partial charge in [-0.05, 0) is 49.4 Å². The zero-order valence-corrected chi connectivity index (χ0v) is 17.0. The highest BCUT2D eigenvalue weighted by Crippen LogP contribution is 2.34. The van der Waals surface area contributed by atoms with Gasteiger partial charge in [0.2, 0.25) is 5.91 Å². The van der Waals surface area contributed by atoms with E-state index < -0.39 is 16.0 Å². The van der Waals surface area contributed by atoms with Crippen molar-refractivity contribution in [3.63, 3.8) is 0 Å². The minimum absolute atomic E-state index is 0.0381. The molecule has 1 amide bonds. The molecular weight excluding hydrogens is 400 g/mol. The standard InChI is InChI=1S/C19H20N2O5S2/c1-3-26-19(23)13-4-6-14(7-5-13)21-28(24,25)15-8-9-17-16(10-15)20-18(22)12(2)11-27-17/h4-10,12,21H,3,11H2,1-2H3,(H,20,22). The average molecular weight is 421 g/mol. The predicted octanol–water partition coefficient (Wildman–Crippen LogP) is 3.34. The van der Waals surface area contributed by atoms with E-state index in [1.54, 1.807) is 13.0 Å². The number of hydrogen-bond acceptors (Lipinski definition) is 6. The zero-order chi connectivity index (χ0) is 20.3. The van der Waals surface area contributed by atoms with E-state index in [1.807, 2.05) is 6.92 Å². The topological polar surface area (TPSA) is 102 Å². The quantitative estimate of drug-likeness (QED) is 0.720. The van der Waals surface area contributed by atoms with Crippen molar-refractivity contribution >= 4 is 45.0 Å². The first-order valence-electron chi connectivity index (χ1n) is 8.68. The maximum Gasteiger partial charge on any atom is 0.338 e. The number of carbonyl (C=O) groups excluding carboxylic acids is 2. The summed E-state index contributed by atoms with van der Waals surface area (Å²) in [5, 5.41) is 2.78. The molecule has 0 saturated carbocycles. The molecule has 0 saturated heterocycles. The molecule has 3 rings (SSSR count). The van der Waals surface area contributed by atoms with E-state index in [9.17, 15) is 18.0 Å². The first-order chi connectivity index (χ1) is 13.3. The Morgan fingerprint density at radius 2 is 1.96 bits per heavy atom. The second-order valence-corrected chi connectivity index (χ2v) is 9.01. The summed E-state index contributed by atoms with van der Waals surface area (Å²) in [4.78, 5) is 24.6. The smallest absolute Gasteiger partial charge is 0.338 e. The summed E-state index contributed by atoms with van der Waals surface area (Å²) < 4.78 is 32.8. The molecule has 148 valence electrons. The third kappa shape index (κ3) is 4.48. The van der Waals surface area contributed by atoms with E-state index in [4.69, 9.17) is 4.74 Å². The molecule has 7 nitrogen and oxygen atoms in total. The maximum atomic E-state index is 12.7. The Balaban J connectivity index is 1.81. The molecular formula is C19H20N2O5S2. The lowest BCUT2D eigenvalue weighted by atomic mass is 10.2. The van der Waals surface area contributed by atoms with E-state index in [1.165, 1.54) is 48.2 Å². The minimum atomic E-state index is -3.86. The van der Waals surface area contributed by atoms with Crippen LogP contribution in [0.2, 0.25) is 0 Å². The van der Waals surface area contributed by atoms with Crippen LogP contribution in [-0.4, -0.2) is 32.7 Å². The number of sulfonamides is 1. The summed E-state index contributed by atoms with van der Waals surface area (Å²) >= 11 is 1.51. The molecule has 2 N–H and O–H groups in total. The van der Waals surface area contributed by atoms with Gasteiger partial charge >= 0.3 is 5.97 Å². The molecule has 2 aromatic carbocycles. The molecule has 1 aliphatic rings. The van der Waals surface area contributed by atoms with Crippen molar-refractivity contribution in [2.75, 3.05) is 22.4 Å². The Bertz CT molecular complexity index is 1000. The van der Waals surface area contributed by atoms with Gasteiger partial charge in [0.1, 0.15) is 0 Å². The molecule has 2 aromatic rings. The number of nitrogens with one attached hydrogen (secondary N) is 2. The first-order valence-corrected chi connectivity index (χ1v) is 11.1. The number of hydrogen-bond donors (Lipinski definition) is 2. The van der Waals surface area contributed by atoms with Crippen molar-refractivity contribution in [1.82, 2.24) is 0 Å². The number of ether oxygens (including phenoxy) is 1. The Hall–Kier alpha value is -2.52. The number of fused-ring (bicyclic) bond motifs is 1. The van der Waals surface area contributed by atoms with Crippen molar-refractivity contribution in [3.8, 4) is 0 Å². The number of carbonyl (C=O) groups is 2. The van der Waals surface area contributed by atoms with Crippen molar-refractivity contribution in [3.05, 3.63) is 48.0 Å². The SMILES string of the molecule is CCOC(=O)c1ccc(NS(=O)(=O)c2ccc3c(c2)NC(=O)C(C)CS3)cc1. The van der Waals surface area contributed by atoms with Gasteiger partial charge in [-0.2, -0.15) is 0 Å². The number of amides is 1. The summed E-state index contributed by atoms with van der Waals surface area (Å²) in [6.45, 7) is 3.80. The maximum absolute atomic E-state index is 12.7. The van der Waals surface area contributed by atoms with Crippen molar-refractivity contribution < 1.29 is 22.7 Å². The molecule has 9 heteroatoms. The van der Waals surface area contributed by atoms with Crippen LogP contribution >= 0.6 is 11.8 Å². The van der Waals surface area contributed by atoms with Gasteiger partial charge < -0.3 is 10.1 Å². The van der Waals surface area contributed by atoms with Crippen LogP contribution in [0.3, 0.4) is 0 Å². The van der Waals surface area contributed by atoms with Crippen LogP contribution in [0.1, 0.15) is 24.2 Å². The van der Waals surface area contributed by atoms with Crippen LogP contribution < -0.4 is 10.0 Å². The summed E-state index contributed by atoms with van der Waals surface area (Å²) in [6, 6.07) is 10.6. The highest BCUT2D eigenvalue weighted by Gasteiger charge is 2.23. The van der Waals surface area contributed by atoms with Crippen molar-refractivity contribution in [2.24, 2.45) is 5.92 Å². The van der Waals surface area contributed by atoms with Gasteiger partial charge in [-0.15, -0.1) is 11.8 Å². The number of anilines is 2. The zero-order valence-electron chi connectivity index (χ0n) is 15.4. The fraction of sp³-hybridized carbons (Fsp3) is 0.263. The monoisotopic (exact) mass is 420 g/mol. The van der Waals surface area contributed by atoms with E-state index in [-0.39, 0.29) is 23.3 Å². The molecule has 0 aliphatic carbocycles. The third-order valence-corrected chi connectivity index (χ3v) is 6.82. The van der Waals surface area contributed by atoms with E-state index in [2.05, 4.69) is 10.0 Å². The van der Waals surface area contributed by atoms with Crippen molar-refractivity contribution in [2.45, 2.75) is 23.6 Å². The Morgan fingerprint density at radius 1 is 1.25 bits per heavy atom. The van der Waals surface area contributed by atoms with Crippen molar-refractivity contribution in [1.29, 1.82) is 0 Å². The highest BCUT2D eigenvalue weighted by atomic mass is 32.2. The van der Waals surface area contributed by atoms with Crippen LogP contribution in [0, 0.1) is 5.92 Å². The predicted molar refractivity (Wildman–Crippen MR) is 108 cm³/mol. The lowest BCUT2D eigenvalue weighted by Crippen LogP contribution is -2.20. The van der Waals surface area contributed by atoms with Gasteiger partial charge in [-0.1, -0.05) is 6.92 Å². The van der Waals surface area contributed by atoms with Crippen LogP contribution in [0.15, 0.2) is 52.3 Å². The van der Waals surface area contributed by atoms with Gasteiger partial charge in [0, 0.05) is 22.3 Å². The second-order valence-electron chi connectivity index (χ2n) is 6.26. The molecule has 1 aliphatic heterocycles. The van der Waals surface area contributed by atoms with E-state index >= 15 is 0 Å². The number of thioether (sulfide) groups is 1. The van der Waals surface area contributed by atoms with Crippen LogP contribution in [0.5, 0.6) is 0 Å². The normalized spacial score (nSPS) is 16.5. The molecule has 28 heavy (non-hydrogen) atoms. The molecule has 0 fully saturated rings. The van der Waals surface area contributed by atoms with Gasteiger partial charge in [0.05, 0.1) is 22.8 Å². The number of rotatable bonds is 5. The van der Waals surface area contributed by atoms with Gasteiger partial charge in [0.15, 0.2) is 0 Å². The molecule has 0 aromatic heterocycles. The fourth-order valence-corrected chi connectivity index (χ4v) is 4.64. The van der Waals surface area contributed by atoms with Gasteiger partial charge in [-0.3, -0.25) is 9.52 Å². The molecule has 0 bridgehead atoms. The van der Waals surface area contributed by atoms with Crippen LogP contribution in [0.25, 0.3) is 0 Å². The van der Waals surface area contributed by atoms with Gasteiger partial charge in [-0.25, -0.2) is 13.2 Å². The average Bonchev–Trinajstić information content (AvgIpc) is 2.80. The summed E-state index contributed by atoms with van der Waals surface area (Å²) in [6.07, 6.45) is 0. The minimum Gasteiger partial charge on any atom is -0.462 e. The van der Waals surface area contributed by atoms with E-state index in [0.717, 1.165) is 4.90 Å². The fourth-order valence-electron chi connectivity index (χ4n) is 2.55. The Kier molecular flexibility index (Phi) is 5.95. The first kappa shape index (κ1) is 20.2.